The van der Waals surface area contributed by atoms with Crippen LogP contribution in [0.15, 0.2) is 18.2 Å². The van der Waals surface area contributed by atoms with Gasteiger partial charge in [-0.05, 0) is 31.9 Å². The average molecular weight is 347 g/mol. The highest BCUT2D eigenvalue weighted by Crippen LogP contribution is 2.35. The molecule has 1 amide bonds. The lowest BCUT2D eigenvalue weighted by Crippen LogP contribution is -2.54. The molecule has 3 rings (SSSR count). The van der Waals surface area contributed by atoms with Crippen LogP contribution < -0.4 is 14.8 Å². The topological polar surface area (TPSA) is 54.0 Å². The van der Waals surface area contributed by atoms with Crippen molar-refractivity contribution < 1.29 is 14.3 Å². The first-order valence-corrected chi connectivity index (χ1v) is 9.13. The monoisotopic (exact) mass is 347 g/mol. The molecule has 6 heteroatoms. The van der Waals surface area contributed by atoms with E-state index in [1.165, 1.54) is 0 Å². The van der Waals surface area contributed by atoms with Gasteiger partial charge in [0.05, 0.1) is 14.2 Å². The highest BCUT2D eigenvalue weighted by atomic mass is 16.5. The molecular formula is C19H29N3O3. The molecule has 0 radical (unpaired) electrons. The van der Waals surface area contributed by atoms with Crippen LogP contribution in [0.4, 0.5) is 0 Å². The summed E-state index contributed by atoms with van der Waals surface area (Å²) < 4.78 is 10.9. The number of amides is 1. The predicted molar refractivity (Wildman–Crippen MR) is 97.1 cm³/mol. The largest absolute Gasteiger partial charge is 0.497 e. The number of nitrogens with one attached hydrogen (secondary N) is 1. The van der Waals surface area contributed by atoms with Crippen molar-refractivity contribution in [1.29, 1.82) is 0 Å². The van der Waals surface area contributed by atoms with Crippen molar-refractivity contribution in [2.45, 2.75) is 31.8 Å². The molecule has 2 fully saturated rings. The number of hydrogen-bond donors (Lipinski definition) is 1. The molecule has 1 N–H and O–H groups in total. The van der Waals surface area contributed by atoms with E-state index in [0.717, 1.165) is 56.9 Å². The molecule has 2 aliphatic rings. The quantitative estimate of drug-likeness (QED) is 0.878. The highest BCUT2D eigenvalue weighted by molar-refractivity contribution is 5.84. The minimum atomic E-state index is -0.309. The van der Waals surface area contributed by atoms with Gasteiger partial charge in [0.1, 0.15) is 17.5 Å². The van der Waals surface area contributed by atoms with Crippen molar-refractivity contribution in [3.63, 3.8) is 0 Å². The number of rotatable bonds is 5. The number of carbonyl (C=O) groups is 1. The van der Waals surface area contributed by atoms with Crippen molar-refractivity contribution in [2.75, 3.05) is 46.9 Å². The Kier molecular flexibility index (Phi) is 5.81. The molecule has 25 heavy (non-hydrogen) atoms. The van der Waals surface area contributed by atoms with E-state index < -0.39 is 0 Å². The molecular weight excluding hydrogens is 318 g/mol. The molecule has 1 aromatic rings. The number of ether oxygens (including phenoxy) is 2. The zero-order chi connectivity index (χ0) is 17.8. The first-order chi connectivity index (χ1) is 12.2. The molecule has 2 saturated heterocycles. The molecule has 0 saturated carbocycles. The summed E-state index contributed by atoms with van der Waals surface area (Å²) in [6, 6.07) is 5.74. The summed E-state index contributed by atoms with van der Waals surface area (Å²) in [5.41, 5.74) is 0.925. The maximum atomic E-state index is 13.4. The van der Waals surface area contributed by atoms with Gasteiger partial charge in [-0.25, -0.2) is 0 Å². The van der Waals surface area contributed by atoms with Crippen molar-refractivity contribution in [2.24, 2.45) is 0 Å². The van der Waals surface area contributed by atoms with E-state index in [4.69, 9.17) is 9.47 Å². The van der Waals surface area contributed by atoms with Gasteiger partial charge in [-0.2, -0.15) is 0 Å². The summed E-state index contributed by atoms with van der Waals surface area (Å²) in [6.45, 7) is 6.52. The maximum absolute atomic E-state index is 13.4. The van der Waals surface area contributed by atoms with Crippen molar-refractivity contribution >= 4 is 5.91 Å². The number of nitrogens with zero attached hydrogens (tertiary/aromatic N) is 2. The SMILES string of the molecule is COc1ccc(C(C(=O)N2CCCC2)N2CCNCC2C)c(OC)c1. The minimum absolute atomic E-state index is 0.190. The second kappa shape index (κ2) is 8.06. The van der Waals surface area contributed by atoms with Crippen molar-refractivity contribution in [3.8, 4) is 11.5 Å². The number of carbonyl (C=O) groups excluding carboxylic acids is 1. The Morgan fingerprint density at radius 3 is 2.60 bits per heavy atom. The van der Waals surface area contributed by atoms with Crippen LogP contribution in [0.25, 0.3) is 0 Å². The Morgan fingerprint density at radius 2 is 1.96 bits per heavy atom. The van der Waals surface area contributed by atoms with Crippen LogP contribution in [-0.2, 0) is 4.79 Å². The van der Waals surface area contributed by atoms with Crippen molar-refractivity contribution in [1.82, 2.24) is 15.1 Å². The van der Waals surface area contributed by atoms with Crippen LogP contribution in [-0.4, -0.2) is 68.7 Å². The van der Waals surface area contributed by atoms with Gasteiger partial charge < -0.3 is 19.7 Å². The fourth-order valence-corrected chi connectivity index (χ4v) is 3.85. The van der Waals surface area contributed by atoms with Gasteiger partial charge in [0, 0.05) is 50.4 Å². The minimum Gasteiger partial charge on any atom is -0.497 e. The molecule has 0 aromatic heterocycles. The van der Waals surface area contributed by atoms with Gasteiger partial charge in [0.25, 0.3) is 0 Å². The number of methoxy groups -OCH3 is 2. The zero-order valence-corrected chi connectivity index (χ0v) is 15.5. The van der Waals surface area contributed by atoms with E-state index in [9.17, 15) is 4.79 Å². The third-order valence-electron chi connectivity index (χ3n) is 5.27. The Balaban J connectivity index is 1.99. The van der Waals surface area contributed by atoms with Gasteiger partial charge in [-0.1, -0.05) is 0 Å². The molecule has 2 aliphatic heterocycles. The summed E-state index contributed by atoms with van der Waals surface area (Å²) in [4.78, 5) is 17.7. The average Bonchev–Trinajstić information content (AvgIpc) is 3.18. The highest BCUT2D eigenvalue weighted by Gasteiger charge is 2.37. The molecule has 6 nitrogen and oxygen atoms in total. The third-order valence-corrected chi connectivity index (χ3v) is 5.27. The van der Waals surface area contributed by atoms with E-state index in [-0.39, 0.29) is 18.0 Å². The Morgan fingerprint density at radius 1 is 1.20 bits per heavy atom. The summed E-state index contributed by atoms with van der Waals surface area (Å²) >= 11 is 0. The van der Waals surface area contributed by atoms with E-state index in [1.807, 2.05) is 23.1 Å². The fraction of sp³-hybridized carbons (Fsp3) is 0.632. The zero-order valence-electron chi connectivity index (χ0n) is 15.5. The number of likely N-dealkylation sites (tertiary alicyclic amines) is 1. The molecule has 2 atom stereocenters. The Hall–Kier alpha value is -1.79. The molecule has 1 aromatic carbocycles. The van der Waals surface area contributed by atoms with Crippen molar-refractivity contribution in [3.05, 3.63) is 23.8 Å². The van der Waals surface area contributed by atoms with Crippen LogP contribution >= 0.6 is 0 Å². The van der Waals surface area contributed by atoms with Gasteiger partial charge in [-0.3, -0.25) is 9.69 Å². The normalized spacial score (nSPS) is 22.7. The summed E-state index contributed by atoms with van der Waals surface area (Å²) in [5, 5.41) is 3.41. The molecule has 138 valence electrons. The molecule has 2 heterocycles. The first kappa shape index (κ1) is 18.0. The van der Waals surface area contributed by atoms with Crippen LogP contribution in [0, 0.1) is 0 Å². The van der Waals surface area contributed by atoms with Crippen LogP contribution in [0.5, 0.6) is 11.5 Å². The predicted octanol–water partition coefficient (Wildman–Crippen LogP) is 1.66. The fourth-order valence-electron chi connectivity index (χ4n) is 3.85. The Labute approximate surface area is 150 Å². The van der Waals surface area contributed by atoms with Gasteiger partial charge in [0.2, 0.25) is 5.91 Å². The van der Waals surface area contributed by atoms with Crippen LogP contribution in [0.2, 0.25) is 0 Å². The standard InChI is InChI=1S/C19H29N3O3/c1-14-13-20-8-11-22(14)18(19(23)21-9-4-5-10-21)16-7-6-15(24-2)12-17(16)25-3/h6-7,12,14,18,20H,4-5,8-11,13H2,1-3H3. The second-order valence-corrected chi connectivity index (χ2v) is 6.83. The second-order valence-electron chi connectivity index (χ2n) is 6.83. The lowest BCUT2D eigenvalue weighted by Gasteiger charge is -2.41. The summed E-state index contributed by atoms with van der Waals surface area (Å²) in [7, 11) is 3.29. The molecule has 0 bridgehead atoms. The maximum Gasteiger partial charge on any atom is 0.244 e. The van der Waals surface area contributed by atoms with Crippen LogP contribution in [0.1, 0.15) is 31.4 Å². The van der Waals surface area contributed by atoms with Crippen LogP contribution in [0.3, 0.4) is 0 Å². The Bertz CT molecular complexity index is 602. The van der Waals surface area contributed by atoms with Gasteiger partial charge >= 0.3 is 0 Å². The van der Waals surface area contributed by atoms with Gasteiger partial charge in [-0.15, -0.1) is 0 Å². The lowest BCUT2D eigenvalue weighted by atomic mass is 9.99. The summed E-state index contributed by atoms with van der Waals surface area (Å²) in [6.07, 6.45) is 2.19. The third kappa shape index (κ3) is 3.75. The van der Waals surface area contributed by atoms with E-state index in [0.29, 0.717) is 5.75 Å². The molecule has 0 spiro atoms. The van der Waals surface area contributed by atoms with E-state index in [1.54, 1.807) is 14.2 Å². The number of hydrogen-bond acceptors (Lipinski definition) is 5. The van der Waals surface area contributed by atoms with Gasteiger partial charge in [0.15, 0.2) is 0 Å². The first-order valence-electron chi connectivity index (χ1n) is 9.13. The lowest BCUT2D eigenvalue weighted by molar-refractivity contribution is -0.137. The molecule has 0 aliphatic carbocycles. The summed E-state index contributed by atoms with van der Waals surface area (Å²) in [5.74, 6) is 1.64. The number of piperazine rings is 1. The number of benzene rings is 1. The van der Waals surface area contributed by atoms with E-state index >= 15 is 0 Å². The van der Waals surface area contributed by atoms with E-state index in [2.05, 4.69) is 17.1 Å². The smallest absolute Gasteiger partial charge is 0.244 e. The molecule has 2 unspecified atom stereocenters.